The number of likely N-dealkylation sites (tertiary alicyclic amines) is 1. The van der Waals surface area contributed by atoms with Crippen molar-refractivity contribution in [1.82, 2.24) is 14.7 Å². The summed E-state index contributed by atoms with van der Waals surface area (Å²) in [6.45, 7) is 0.487. The maximum Gasteiger partial charge on any atom is 0.339 e. The van der Waals surface area contributed by atoms with Crippen LogP contribution in [0.25, 0.3) is 31.6 Å². The molecule has 174 valence electrons. The van der Waals surface area contributed by atoms with Crippen molar-refractivity contribution >= 4 is 50.1 Å². The van der Waals surface area contributed by atoms with Crippen molar-refractivity contribution in [2.75, 3.05) is 13.7 Å². The Hall–Kier alpha value is -3.92. The van der Waals surface area contributed by atoms with Crippen LogP contribution >= 0.6 is 11.3 Å². The van der Waals surface area contributed by atoms with Gasteiger partial charge in [0.1, 0.15) is 23.2 Å². The minimum absolute atomic E-state index is 0.000566. The van der Waals surface area contributed by atoms with Crippen LogP contribution in [-0.4, -0.2) is 51.2 Å². The Kier molecular flexibility index (Phi) is 5.45. The van der Waals surface area contributed by atoms with Gasteiger partial charge >= 0.3 is 5.97 Å². The average molecular weight is 479 g/mol. The Balaban J connectivity index is 1.81. The number of methoxy groups -OCH3 is 1. The van der Waals surface area contributed by atoms with Crippen LogP contribution in [0, 0.1) is 0 Å². The lowest BCUT2D eigenvalue weighted by Crippen LogP contribution is -2.37. The van der Waals surface area contributed by atoms with E-state index in [4.69, 9.17) is 15.6 Å². The number of nitrogens with two attached hydrogens (primary N) is 1. The molecule has 2 aromatic heterocycles. The summed E-state index contributed by atoms with van der Waals surface area (Å²) in [5.41, 5.74) is 6.64. The van der Waals surface area contributed by atoms with E-state index in [1.54, 1.807) is 15.6 Å². The number of aromatic carboxylic acids is 1. The van der Waals surface area contributed by atoms with Gasteiger partial charge in [0.05, 0.1) is 29.3 Å². The number of aromatic nitrogens is 2. The molecule has 1 fully saturated rings. The van der Waals surface area contributed by atoms with Gasteiger partial charge in [-0.3, -0.25) is 9.59 Å². The fourth-order valence-corrected chi connectivity index (χ4v) is 5.63. The zero-order valence-corrected chi connectivity index (χ0v) is 19.2. The van der Waals surface area contributed by atoms with Gasteiger partial charge in [0, 0.05) is 17.7 Å². The maximum atomic E-state index is 12.6. The third-order valence-corrected chi connectivity index (χ3v) is 7.18. The number of thiophene rings is 1. The third kappa shape index (κ3) is 3.56. The van der Waals surface area contributed by atoms with Gasteiger partial charge in [-0.05, 0) is 36.1 Å². The van der Waals surface area contributed by atoms with E-state index in [1.807, 2.05) is 30.3 Å². The molecule has 0 radical (unpaired) electrons. The number of ether oxygens (including phenoxy) is 1. The maximum absolute atomic E-state index is 12.6. The van der Waals surface area contributed by atoms with Gasteiger partial charge in [-0.25, -0.2) is 9.48 Å². The molecule has 2 amide bonds. The van der Waals surface area contributed by atoms with E-state index in [2.05, 4.69) is 0 Å². The highest BCUT2D eigenvalue weighted by atomic mass is 32.1. The van der Waals surface area contributed by atoms with Crippen molar-refractivity contribution in [2.45, 2.75) is 25.4 Å². The highest BCUT2D eigenvalue weighted by molar-refractivity contribution is 7.22. The number of primary amides is 1. The van der Waals surface area contributed by atoms with Gasteiger partial charge in [0.25, 0.3) is 0 Å². The molecular weight excluding hydrogens is 456 g/mol. The second-order valence-electron chi connectivity index (χ2n) is 8.13. The largest absolute Gasteiger partial charge is 0.495 e. The minimum atomic E-state index is -1.13. The molecule has 5 rings (SSSR count). The summed E-state index contributed by atoms with van der Waals surface area (Å²) >= 11 is 1.52. The van der Waals surface area contributed by atoms with Gasteiger partial charge in [-0.1, -0.05) is 18.2 Å². The lowest BCUT2D eigenvalue weighted by atomic mass is 10.1. The van der Waals surface area contributed by atoms with E-state index in [9.17, 15) is 19.5 Å². The van der Waals surface area contributed by atoms with Crippen molar-refractivity contribution in [2.24, 2.45) is 5.73 Å². The molecule has 3 N–H and O–H groups in total. The lowest BCUT2D eigenvalue weighted by molar-refractivity contribution is -0.133. The van der Waals surface area contributed by atoms with E-state index in [1.165, 1.54) is 24.5 Å². The van der Waals surface area contributed by atoms with Crippen LogP contribution in [0.4, 0.5) is 0 Å². The number of rotatable bonds is 7. The average Bonchev–Trinajstić information content (AvgIpc) is 3.52. The summed E-state index contributed by atoms with van der Waals surface area (Å²) in [6.07, 6.45) is 0.239. The number of benzene rings is 2. The Labute approximate surface area is 198 Å². The molecule has 4 aromatic rings. The van der Waals surface area contributed by atoms with Gasteiger partial charge in [0.2, 0.25) is 11.8 Å². The van der Waals surface area contributed by atoms with Gasteiger partial charge in [-0.15, -0.1) is 11.3 Å². The van der Waals surface area contributed by atoms with Crippen LogP contribution in [-0.2, 0) is 9.59 Å². The molecule has 1 aliphatic rings. The van der Waals surface area contributed by atoms with Crippen molar-refractivity contribution in [1.29, 1.82) is 0 Å². The molecule has 0 bridgehead atoms. The Morgan fingerprint density at radius 2 is 2.06 bits per heavy atom. The smallest absolute Gasteiger partial charge is 0.339 e. The van der Waals surface area contributed by atoms with Crippen LogP contribution in [0.3, 0.4) is 0 Å². The molecule has 1 saturated heterocycles. The van der Waals surface area contributed by atoms with E-state index < -0.39 is 18.0 Å². The minimum Gasteiger partial charge on any atom is -0.495 e. The Morgan fingerprint density at radius 3 is 2.71 bits per heavy atom. The molecule has 3 heterocycles. The first kappa shape index (κ1) is 21.9. The predicted molar refractivity (Wildman–Crippen MR) is 128 cm³/mol. The summed E-state index contributed by atoms with van der Waals surface area (Å²) in [4.78, 5) is 38.9. The number of hydrogen-bond acceptors (Lipinski definition) is 6. The molecule has 1 atom stereocenters. The molecule has 1 unspecified atom stereocenters. The Morgan fingerprint density at radius 1 is 1.26 bits per heavy atom. The molecule has 0 spiro atoms. The fourth-order valence-electron chi connectivity index (χ4n) is 4.58. The van der Waals surface area contributed by atoms with Crippen molar-refractivity contribution in [3.05, 3.63) is 48.0 Å². The topological polar surface area (TPSA) is 128 Å². The van der Waals surface area contributed by atoms with Crippen molar-refractivity contribution in [3.63, 3.8) is 0 Å². The summed E-state index contributed by atoms with van der Waals surface area (Å²) in [7, 11) is 1.41. The monoisotopic (exact) mass is 478 g/mol. The van der Waals surface area contributed by atoms with Gasteiger partial charge in [-0.2, -0.15) is 5.10 Å². The molecule has 0 saturated carbocycles. The van der Waals surface area contributed by atoms with Crippen LogP contribution in [0.1, 0.15) is 35.8 Å². The zero-order chi connectivity index (χ0) is 24.0. The number of fused-ring (bicyclic) bond motifs is 2. The number of carboxylic acid groups (broad SMARTS) is 1. The van der Waals surface area contributed by atoms with Gasteiger partial charge in [0.15, 0.2) is 0 Å². The molecule has 0 aliphatic carbocycles. The standard InChI is InChI=1S/C24H22N4O5S/c1-33-23-14(24(31)32)8-9-15-21(23)22(17-11-13-5-2-3-6-16(13)34-17)26-28(15)19(12-18(25)29)27-10-4-7-20(27)30/h2-3,5-6,8-9,11,19H,4,7,10,12H2,1H3,(H2,25,29)(H,31,32). The molecule has 1 aliphatic heterocycles. The summed E-state index contributed by atoms with van der Waals surface area (Å²) in [5.74, 6) is -1.59. The van der Waals surface area contributed by atoms with Crippen LogP contribution < -0.4 is 10.5 Å². The number of carbonyl (C=O) groups excluding carboxylic acids is 2. The molecule has 2 aromatic carbocycles. The van der Waals surface area contributed by atoms with Crippen molar-refractivity contribution in [3.8, 4) is 16.3 Å². The Bertz CT molecular complexity index is 1420. The normalized spacial score (nSPS) is 14.7. The number of nitrogens with zero attached hydrogens (tertiary/aromatic N) is 3. The number of amides is 2. The highest BCUT2D eigenvalue weighted by Crippen LogP contribution is 2.43. The molecule has 9 nitrogen and oxygen atoms in total. The first-order valence-electron chi connectivity index (χ1n) is 10.8. The first-order valence-corrected chi connectivity index (χ1v) is 11.6. The first-order chi connectivity index (χ1) is 16.4. The van der Waals surface area contributed by atoms with Gasteiger partial charge < -0.3 is 20.5 Å². The molecule has 10 heteroatoms. The SMILES string of the molecule is COc1c(C(=O)O)ccc2c1c(-c1cc3ccccc3s1)nn2C(CC(N)=O)N1CCCC1=O. The summed E-state index contributed by atoms with van der Waals surface area (Å²) < 4.78 is 8.24. The second kappa shape index (κ2) is 8.45. The van der Waals surface area contributed by atoms with E-state index in [0.717, 1.165) is 15.0 Å². The third-order valence-electron chi connectivity index (χ3n) is 6.06. The van der Waals surface area contributed by atoms with E-state index in [0.29, 0.717) is 36.0 Å². The number of hydrogen-bond donors (Lipinski definition) is 2. The van der Waals surface area contributed by atoms with E-state index in [-0.39, 0.29) is 23.6 Å². The zero-order valence-electron chi connectivity index (χ0n) is 18.4. The van der Waals surface area contributed by atoms with Crippen LogP contribution in [0.15, 0.2) is 42.5 Å². The lowest BCUT2D eigenvalue weighted by Gasteiger charge is -2.27. The van der Waals surface area contributed by atoms with Crippen LogP contribution in [0.2, 0.25) is 0 Å². The van der Waals surface area contributed by atoms with Crippen molar-refractivity contribution < 1.29 is 24.2 Å². The number of carboxylic acids is 1. The summed E-state index contributed by atoms with van der Waals surface area (Å²) in [5, 5.41) is 16.1. The quantitative estimate of drug-likeness (QED) is 0.418. The van der Waals surface area contributed by atoms with Crippen LogP contribution in [0.5, 0.6) is 5.75 Å². The summed E-state index contributed by atoms with van der Waals surface area (Å²) in [6, 6.07) is 13.0. The second-order valence-corrected chi connectivity index (χ2v) is 9.21. The molecule has 34 heavy (non-hydrogen) atoms. The predicted octanol–water partition coefficient (Wildman–Crippen LogP) is 3.62. The fraction of sp³-hybridized carbons (Fsp3) is 0.250. The highest BCUT2D eigenvalue weighted by Gasteiger charge is 2.34. The molecular formula is C24H22N4O5S. The number of carbonyl (C=O) groups is 3. The van der Waals surface area contributed by atoms with E-state index >= 15 is 0 Å².